The summed E-state index contributed by atoms with van der Waals surface area (Å²) in [7, 11) is 0. The Morgan fingerprint density at radius 2 is 1.77 bits per heavy atom. The molecule has 1 aromatic heterocycles. The second kappa shape index (κ2) is 5.73. The van der Waals surface area contributed by atoms with E-state index >= 15 is 0 Å². The van der Waals surface area contributed by atoms with Crippen molar-refractivity contribution >= 4 is 0 Å². The summed E-state index contributed by atoms with van der Waals surface area (Å²) in [5.74, 6) is 0.0850. The van der Waals surface area contributed by atoms with E-state index in [1.54, 1.807) is 24.4 Å². The highest BCUT2D eigenvalue weighted by molar-refractivity contribution is 5.59. The molecule has 0 aliphatic heterocycles. The SMILES string of the molecule is Cc1cc(C)cc(C(O)c2ncc(-c3ccccc3F)[nH]2)c1. The largest absolute Gasteiger partial charge is 0.380 e. The van der Waals surface area contributed by atoms with Gasteiger partial charge in [0, 0.05) is 5.56 Å². The monoisotopic (exact) mass is 296 g/mol. The topological polar surface area (TPSA) is 48.9 Å². The van der Waals surface area contributed by atoms with Crippen molar-refractivity contribution in [3.8, 4) is 11.3 Å². The molecule has 3 rings (SSSR count). The molecule has 0 bridgehead atoms. The summed E-state index contributed by atoms with van der Waals surface area (Å²) in [6, 6.07) is 12.4. The highest BCUT2D eigenvalue weighted by Crippen LogP contribution is 2.26. The molecule has 3 aromatic rings. The minimum Gasteiger partial charge on any atom is -0.380 e. The molecular formula is C18H17FN2O. The number of aliphatic hydroxyl groups is 1. The van der Waals surface area contributed by atoms with Gasteiger partial charge in [0.05, 0.1) is 11.9 Å². The number of aromatic amines is 1. The van der Waals surface area contributed by atoms with Gasteiger partial charge in [0.15, 0.2) is 0 Å². The van der Waals surface area contributed by atoms with Crippen LogP contribution in [0.25, 0.3) is 11.3 Å². The number of imidazole rings is 1. The Balaban J connectivity index is 1.95. The maximum atomic E-state index is 13.8. The standard InChI is InChI=1S/C18H17FN2O/c1-11-7-12(2)9-13(8-11)17(22)18-20-10-16(21-18)14-5-3-4-6-15(14)19/h3-10,17,22H,1-2H3,(H,20,21). The van der Waals surface area contributed by atoms with Gasteiger partial charge in [-0.3, -0.25) is 0 Å². The molecule has 2 N–H and O–H groups in total. The van der Waals surface area contributed by atoms with E-state index < -0.39 is 6.10 Å². The molecular weight excluding hydrogens is 279 g/mol. The van der Waals surface area contributed by atoms with Crippen LogP contribution < -0.4 is 0 Å². The van der Waals surface area contributed by atoms with E-state index in [0.717, 1.165) is 16.7 Å². The Hall–Kier alpha value is -2.46. The molecule has 0 aliphatic rings. The molecule has 0 spiro atoms. The van der Waals surface area contributed by atoms with Gasteiger partial charge in [0.25, 0.3) is 0 Å². The van der Waals surface area contributed by atoms with E-state index in [0.29, 0.717) is 17.1 Å². The van der Waals surface area contributed by atoms with Crippen LogP contribution in [0.5, 0.6) is 0 Å². The van der Waals surface area contributed by atoms with E-state index in [4.69, 9.17) is 0 Å². The van der Waals surface area contributed by atoms with Gasteiger partial charge in [-0.2, -0.15) is 0 Å². The molecule has 2 aromatic carbocycles. The lowest BCUT2D eigenvalue weighted by Gasteiger charge is -2.10. The molecule has 1 atom stereocenters. The van der Waals surface area contributed by atoms with Crippen LogP contribution in [0.3, 0.4) is 0 Å². The zero-order valence-electron chi connectivity index (χ0n) is 12.5. The lowest BCUT2D eigenvalue weighted by molar-refractivity contribution is 0.211. The number of hydrogen-bond donors (Lipinski definition) is 2. The van der Waals surface area contributed by atoms with Crippen LogP contribution in [0.1, 0.15) is 28.6 Å². The number of hydrogen-bond acceptors (Lipinski definition) is 2. The van der Waals surface area contributed by atoms with Crippen molar-refractivity contribution in [1.82, 2.24) is 9.97 Å². The molecule has 0 saturated heterocycles. The number of H-pyrrole nitrogens is 1. The first-order valence-electron chi connectivity index (χ1n) is 7.10. The average molecular weight is 296 g/mol. The van der Waals surface area contributed by atoms with Gasteiger partial charge in [0.2, 0.25) is 0 Å². The molecule has 0 aliphatic carbocycles. The van der Waals surface area contributed by atoms with Gasteiger partial charge in [-0.15, -0.1) is 0 Å². The van der Waals surface area contributed by atoms with Crippen LogP contribution in [0.4, 0.5) is 4.39 Å². The smallest absolute Gasteiger partial charge is 0.140 e. The van der Waals surface area contributed by atoms with Crippen molar-refractivity contribution in [3.05, 3.63) is 77.0 Å². The van der Waals surface area contributed by atoms with Gasteiger partial charge in [-0.25, -0.2) is 9.37 Å². The molecule has 0 fully saturated rings. The fourth-order valence-corrected chi connectivity index (χ4v) is 2.62. The second-order valence-corrected chi connectivity index (χ2v) is 5.49. The number of aliphatic hydroxyl groups excluding tert-OH is 1. The summed E-state index contributed by atoms with van der Waals surface area (Å²) >= 11 is 0. The first kappa shape index (κ1) is 14.5. The summed E-state index contributed by atoms with van der Waals surface area (Å²) < 4.78 is 13.8. The number of aryl methyl sites for hydroxylation is 2. The second-order valence-electron chi connectivity index (χ2n) is 5.49. The van der Waals surface area contributed by atoms with E-state index in [-0.39, 0.29) is 5.82 Å². The van der Waals surface area contributed by atoms with Crippen LogP contribution in [0.15, 0.2) is 48.7 Å². The first-order chi connectivity index (χ1) is 10.5. The van der Waals surface area contributed by atoms with E-state index in [9.17, 15) is 9.50 Å². The van der Waals surface area contributed by atoms with Gasteiger partial charge in [0.1, 0.15) is 17.7 Å². The van der Waals surface area contributed by atoms with Crippen molar-refractivity contribution in [1.29, 1.82) is 0 Å². The van der Waals surface area contributed by atoms with Crippen LogP contribution in [-0.4, -0.2) is 15.1 Å². The molecule has 22 heavy (non-hydrogen) atoms. The van der Waals surface area contributed by atoms with E-state index in [1.807, 2.05) is 32.0 Å². The Kier molecular flexibility index (Phi) is 3.77. The molecule has 1 unspecified atom stereocenters. The fourth-order valence-electron chi connectivity index (χ4n) is 2.62. The third-order valence-corrected chi connectivity index (χ3v) is 3.58. The van der Waals surface area contributed by atoms with Crippen molar-refractivity contribution < 1.29 is 9.50 Å². The Morgan fingerprint density at radius 3 is 2.45 bits per heavy atom. The van der Waals surface area contributed by atoms with Gasteiger partial charge in [-0.05, 0) is 31.5 Å². The number of nitrogens with one attached hydrogen (secondary N) is 1. The quantitative estimate of drug-likeness (QED) is 0.769. The minimum atomic E-state index is -0.862. The fraction of sp³-hybridized carbons (Fsp3) is 0.167. The number of halogens is 1. The minimum absolute atomic E-state index is 0.321. The number of rotatable bonds is 3. The summed E-state index contributed by atoms with van der Waals surface area (Å²) in [6.45, 7) is 3.96. The van der Waals surface area contributed by atoms with Gasteiger partial charge < -0.3 is 10.1 Å². The van der Waals surface area contributed by atoms with Crippen LogP contribution >= 0.6 is 0 Å². The highest BCUT2D eigenvalue weighted by atomic mass is 19.1. The predicted octanol–water partition coefficient (Wildman–Crippen LogP) is 3.91. The van der Waals surface area contributed by atoms with Crippen molar-refractivity contribution in [2.24, 2.45) is 0 Å². The number of nitrogens with zero attached hydrogens (tertiary/aromatic N) is 1. The van der Waals surface area contributed by atoms with E-state index in [2.05, 4.69) is 9.97 Å². The Morgan fingerprint density at radius 1 is 1.09 bits per heavy atom. The maximum absolute atomic E-state index is 13.8. The van der Waals surface area contributed by atoms with Crippen LogP contribution in [-0.2, 0) is 0 Å². The van der Waals surface area contributed by atoms with Crippen molar-refractivity contribution in [2.75, 3.05) is 0 Å². The lowest BCUT2D eigenvalue weighted by Crippen LogP contribution is -2.03. The third-order valence-electron chi connectivity index (χ3n) is 3.58. The van der Waals surface area contributed by atoms with E-state index in [1.165, 1.54) is 6.07 Å². The lowest BCUT2D eigenvalue weighted by atomic mass is 10.0. The molecule has 3 nitrogen and oxygen atoms in total. The van der Waals surface area contributed by atoms with Crippen molar-refractivity contribution in [3.63, 3.8) is 0 Å². The van der Waals surface area contributed by atoms with Crippen LogP contribution in [0.2, 0.25) is 0 Å². The Bertz CT molecular complexity index is 790. The summed E-state index contributed by atoms with van der Waals surface area (Å²) in [5, 5.41) is 10.5. The molecule has 0 radical (unpaired) electrons. The Labute approximate surface area is 128 Å². The molecule has 0 amide bonds. The molecule has 1 heterocycles. The highest BCUT2D eigenvalue weighted by Gasteiger charge is 2.16. The summed E-state index contributed by atoms with van der Waals surface area (Å²) in [5.41, 5.74) is 3.92. The zero-order valence-corrected chi connectivity index (χ0v) is 12.5. The predicted molar refractivity (Wildman–Crippen MR) is 84.0 cm³/mol. The maximum Gasteiger partial charge on any atom is 0.140 e. The summed E-state index contributed by atoms with van der Waals surface area (Å²) in [6.07, 6.45) is 0.679. The average Bonchev–Trinajstić information content (AvgIpc) is 2.95. The number of benzene rings is 2. The number of aromatic nitrogens is 2. The normalized spacial score (nSPS) is 12.4. The summed E-state index contributed by atoms with van der Waals surface area (Å²) in [4.78, 5) is 7.20. The van der Waals surface area contributed by atoms with Crippen molar-refractivity contribution in [2.45, 2.75) is 20.0 Å². The van der Waals surface area contributed by atoms with Crippen LogP contribution in [0, 0.1) is 19.7 Å². The van der Waals surface area contributed by atoms with Gasteiger partial charge in [-0.1, -0.05) is 41.5 Å². The molecule has 112 valence electrons. The zero-order chi connectivity index (χ0) is 15.7. The molecule has 0 saturated carbocycles. The first-order valence-corrected chi connectivity index (χ1v) is 7.10. The molecule has 4 heteroatoms. The van der Waals surface area contributed by atoms with Gasteiger partial charge >= 0.3 is 0 Å². The third kappa shape index (κ3) is 2.78.